The van der Waals surface area contributed by atoms with Crippen LogP contribution in [0, 0.1) is 18.3 Å². The fourth-order valence-corrected chi connectivity index (χ4v) is 4.78. The lowest BCUT2D eigenvalue weighted by atomic mass is 9.79. The number of aliphatic hydroxyl groups excluding tert-OH is 1. The van der Waals surface area contributed by atoms with Crippen LogP contribution in [0.3, 0.4) is 0 Å². The van der Waals surface area contributed by atoms with Gasteiger partial charge in [-0.05, 0) is 51.7 Å². The number of aryl methyl sites for hydroxylation is 1. The van der Waals surface area contributed by atoms with Gasteiger partial charge in [-0.2, -0.15) is 0 Å². The first kappa shape index (κ1) is 29.3. The van der Waals surface area contributed by atoms with E-state index in [1.54, 1.807) is 32.1 Å². The van der Waals surface area contributed by atoms with E-state index in [4.69, 9.17) is 9.47 Å². The third-order valence-corrected chi connectivity index (χ3v) is 7.85. The fourth-order valence-electron chi connectivity index (χ4n) is 4.21. The number of ether oxygens (including phenoxy) is 2. The van der Waals surface area contributed by atoms with Crippen molar-refractivity contribution < 1.29 is 29.0 Å². The molecule has 1 aromatic heterocycles. The highest BCUT2D eigenvalue weighted by molar-refractivity contribution is 7.09. The van der Waals surface area contributed by atoms with Gasteiger partial charge in [0, 0.05) is 29.6 Å². The van der Waals surface area contributed by atoms with Crippen molar-refractivity contribution in [2.75, 3.05) is 0 Å². The Kier molecular flexibility index (Phi) is 10.4. The molecule has 0 saturated carbocycles. The van der Waals surface area contributed by atoms with Gasteiger partial charge in [0.05, 0.1) is 34.9 Å². The Morgan fingerprint density at radius 2 is 2.09 bits per heavy atom. The Morgan fingerprint density at radius 1 is 1.40 bits per heavy atom. The van der Waals surface area contributed by atoms with Gasteiger partial charge >= 0.3 is 5.97 Å². The molecule has 1 N–H and O–H groups in total. The summed E-state index contributed by atoms with van der Waals surface area (Å²) in [6.07, 6.45) is 4.20. The minimum Gasteiger partial charge on any atom is -0.458 e. The summed E-state index contributed by atoms with van der Waals surface area (Å²) in [6, 6.07) is 0. The number of rotatable bonds is 15. The van der Waals surface area contributed by atoms with Crippen LogP contribution in [0.25, 0.3) is 6.08 Å². The monoisotopic (exact) mass is 507 g/mol. The van der Waals surface area contributed by atoms with E-state index in [1.165, 1.54) is 0 Å². The van der Waals surface area contributed by atoms with Crippen molar-refractivity contribution in [3.8, 4) is 0 Å². The zero-order valence-corrected chi connectivity index (χ0v) is 22.9. The van der Waals surface area contributed by atoms with Crippen LogP contribution in [0.2, 0.25) is 0 Å². The first-order chi connectivity index (χ1) is 16.3. The van der Waals surface area contributed by atoms with Crippen LogP contribution in [0.1, 0.15) is 90.8 Å². The summed E-state index contributed by atoms with van der Waals surface area (Å²) in [4.78, 5) is 40.4. The van der Waals surface area contributed by atoms with Crippen molar-refractivity contribution >= 4 is 35.5 Å². The topological polar surface area (TPSA) is 106 Å². The average Bonchev–Trinajstić information content (AvgIpc) is 3.24. The zero-order valence-electron chi connectivity index (χ0n) is 22.1. The number of hydrogen-bond acceptors (Lipinski definition) is 8. The molecular weight excluding hydrogens is 466 g/mol. The molecule has 8 heteroatoms. The molecule has 1 aliphatic heterocycles. The summed E-state index contributed by atoms with van der Waals surface area (Å²) in [5, 5.41) is 13.5. The highest BCUT2D eigenvalue weighted by atomic mass is 32.1. The normalized spacial score (nSPS) is 22.9. The first-order valence-corrected chi connectivity index (χ1v) is 13.3. The number of ketones is 1. The Hall–Kier alpha value is -1.90. The lowest BCUT2D eigenvalue weighted by molar-refractivity contribution is -0.153. The van der Waals surface area contributed by atoms with Gasteiger partial charge in [-0.15, -0.1) is 11.3 Å². The number of aromatic nitrogens is 1. The summed E-state index contributed by atoms with van der Waals surface area (Å²) in [5.74, 6) is -0.620. The number of Topliss-reactive ketones (excluding diaryl/α,β-unsaturated/α-hetero) is 1. The minimum absolute atomic E-state index is 0.0338. The average molecular weight is 508 g/mol. The molecule has 2 heterocycles. The maximum absolute atomic E-state index is 12.8. The second-order valence-electron chi connectivity index (χ2n) is 10.5. The maximum Gasteiger partial charge on any atom is 0.309 e. The summed E-state index contributed by atoms with van der Waals surface area (Å²) in [7, 11) is 0. The van der Waals surface area contributed by atoms with Gasteiger partial charge in [-0.1, -0.05) is 27.7 Å². The van der Waals surface area contributed by atoms with Crippen LogP contribution >= 0.6 is 11.3 Å². The lowest BCUT2D eigenvalue weighted by Crippen LogP contribution is -2.39. The summed E-state index contributed by atoms with van der Waals surface area (Å²) in [5.41, 5.74) is 0.320. The SMILES string of the molecule is CCC(=O)C(C)(C)[C@@H](O)CC(=O)O[C@@H](C[C@@H]1O[C@]1(C)CCC[C@H](C)C=O)C(C)=Cc1csc(C)n1. The number of nitrogens with zero attached hydrogens (tertiary/aromatic N) is 1. The smallest absolute Gasteiger partial charge is 0.309 e. The van der Waals surface area contributed by atoms with E-state index in [2.05, 4.69) is 4.98 Å². The Balaban J connectivity index is 2.09. The van der Waals surface area contributed by atoms with E-state index >= 15 is 0 Å². The molecule has 7 nitrogen and oxygen atoms in total. The molecule has 1 saturated heterocycles. The number of aliphatic hydroxyl groups is 1. The maximum atomic E-state index is 12.8. The molecule has 0 unspecified atom stereocenters. The molecule has 1 aliphatic rings. The van der Waals surface area contributed by atoms with Gasteiger partial charge in [-0.3, -0.25) is 9.59 Å². The number of carbonyl (C=O) groups is 3. The summed E-state index contributed by atoms with van der Waals surface area (Å²) >= 11 is 1.55. The molecule has 35 heavy (non-hydrogen) atoms. The largest absolute Gasteiger partial charge is 0.458 e. The van der Waals surface area contributed by atoms with E-state index in [0.717, 1.165) is 41.8 Å². The quantitative estimate of drug-likeness (QED) is 0.200. The fraction of sp³-hybridized carbons (Fsp3) is 0.704. The molecule has 196 valence electrons. The number of epoxide rings is 1. The van der Waals surface area contributed by atoms with Gasteiger partial charge in [0.25, 0.3) is 0 Å². The second kappa shape index (κ2) is 12.4. The van der Waals surface area contributed by atoms with E-state index in [1.807, 2.05) is 39.2 Å². The van der Waals surface area contributed by atoms with Crippen LogP contribution in [0.15, 0.2) is 11.0 Å². The van der Waals surface area contributed by atoms with Crippen LogP contribution in [-0.2, 0) is 23.9 Å². The van der Waals surface area contributed by atoms with Crippen LogP contribution in [0.4, 0.5) is 0 Å². The van der Waals surface area contributed by atoms with Crippen molar-refractivity contribution in [3.05, 3.63) is 21.7 Å². The Bertz CT molecular complexity index is 923. The van der Waals surface area contributed by atoms with Gasteiger partial charge in [-0.25, -0.2) is 4.98 Å². The molecular formula is C27H41NO6S. The summed E-state index contributed by atoms with van der Waals surface area (Å²) < 4.78 is 11.8. The van der Waals surface area contributed by atoms with Crippen LogP contribution < -0.4 is 0 Å². The van der Waals surface area contributed by atoms with Gasteiger partial charge in [0.1, 0.15) is 18.2 Å². The molecule has 0 radical (unpaired) electrons. The minimum atomic E-state index is -1.13. The van der Waals surface area contributed by atoms with Crippen LogP contribution in [0.5, 0.6) is 0 Å². The van der Waals surface area contributed by atoms with Crippen molar-refractivity contribution in [1.29, 1.82) is 0 Å². The second-order valence-corrected chi connectivity index (χ2v) is 11.6. The van der Waals surface area contributed by atoms with Crippen molar-refractivity contribution in [1.82, 2.24) is 4.98 Å². The molecule has 0 spiro atoms. The Morgan fingerprint density at radius 3 is 2.66 bits per heavy atom. The van der Waals surface area contributed by atoms with Crippen molar-refractivity contribution in [3.63, 3.8) is 0 Å². The Labute approximate surface area is 213 Å². The van der Waals surface area contributed by atoms with Crippen molar-refractivity contribution in [2.45, 2.75) is 111 Å². The van der Waals surface area contributed by atoms with Gasteiger partial charge in [0.15, 0.2) is 0 Å². The first-order valence-electron chi connectivity index (χ1n) is 12.5. The number of carbonyl (C=O) groups excluding carboxylic acids is 3. The van der Waals surface area contributed by atoms with E-state index in [0.29, 0.717) is 12.8 Å². The van der Waals surface area contributed by atoms with Gasteiger partial charge in [0.2, 0.25) is 0 Å². The van der Waals surface area contributed by atoms with Crippen molar-refractivity contribution in [2.24, 2.45) is 11.3 Å². The summed E-state index contributed by atoms with van der Waals surface area (Å²) in [6.45, 7) is 12.8. The predicted molar refractivity (Wildman–Crippen MR) is 137 cm³/mol. The number of hydrogen-bond donors (Lipinski definition) is 1. The molecule has 1 fully saturated rings. The molecule has 0 aliphatic carbocycles. The predicted octanol–water partition coefficient (Wildman–Crippen LogP) is 5.08. The van der Waals surface area contributed by atoms with E-state index in [9.17, 15) is 19.5 Å². The van der Waals surface area contributed by atoms with E-state index in [-0.39, 0.29) is 29.8 Å². The standard InChI is InChI=1S/C27H41NO6S/c1-8-22(30)26(5,6)23(31)14-25(32)33-21(18(3)12-20-16-35-19(4)28-20)13-24-27(7,34-24)11-9-10-17(2)15-29/h12,15-17,21,23-24,31H,8-11,13-14H2,1-7H3/t17-,21-,23-,24-,27+/m0/s1. The lowest BCUT2D eigenvalue weighted by Gasteiger charge is -2.28. The molecule has 0 bridgehead atoms. The molecule has 5 atom stereocenters. The molecule has 1 aromatic rings. The number of aldehydes is 1. The molecule has 0 aromatic carbocycles. The third-order valence-electron chi connectivity index (χ3n) is 7.06. The number of esters is 1. The zero-order chi connectivity index (χ0) is 26.4. The van der Waals surface area contributed by atoms with Crippen LogP contribution in [-0.4, -0.2) is 52.0 Å². The molecule has 2 rings (SSSR count). The highest BCUT2D eigenvalue weighted by Gasteiger charge is 2.52. The highest BCUT2D eigenvalue weighted by Crippen LogP contribution is 2.44. The third kappa shape index (κ3) is 8.33. The van der Waals surface area contributed by atoms with Gasteiger partial charge < -0.3 is 19.4 Å². The molecule has 0 amide bonds. The van der Waals surface area contributed by atoms with E-state index < -0.39 is 23.6 Å². The number of thiazole rings is 1.